The number of aliphatic hydroxyl groups is 1. The van der Waals surface area contributed by atoms with E-state index < -0.39 is 6.10 Å². The van der Waals surface area contributed by atoms with Crippen molar-refractivity contribution in [3.63, 3.8) is 0 Å². The van der Waals surface area contributed by atoms with Crippen LogP contribution in [0.25, 0.3) is 0 Å². The zero-order valence-electron chi connectivity index (χ0n) is 16.7. The van der Waals surface area contributed by atoms with Crippen molar-refractivity contribution in [3.05, 3.63) is 0 Å². The number of fused-ring (bicyclic) bond motifs is 3. The quantitative estimate of drug-likeness (QED) is 0.766. The molecule has 1 unspecified atom stereocenters. The molecule has 0 saturated heterocycles. The summed E-state index contributed by atoms with van der Waals surface area (Å²) in [6.07, 6.45) is 7.17. The van der Waals surface area contributed by atoms with Crippen LogP contribution < -0.4 is 0 Å². The van der Waals surface area contributed by atoms with E-state index in [-0.39, 0.29) is 22.3 Å². The highest BCUT2D eigenvalue weighted by Crippen LogP contribution is 2.65. The maximum atomic E-state index is 12.7. The molecule has 5 rings (SSSR count). The smallest absolute Gasteiger partial charge is 0.139 e. The fourth-order valence-corrected chi connectivity index (χ4v) is 7.35. The predicted molar refractivity (Wildman–Crippen MR) is 98.1 cm³/mol. The van der Waals surface area contributed by atoms with E-state index in [2.05, 4.69) is 34.6 Å². The molecule has 0 aromatic heterocycles. The molecule has 0 amide bonds. The Morgan fingerprint density at radius 2 is 1.84 bits per heavy atom. The molecule has 8 atom stereocenters. The van der Waals surface area contributed by atoms with E-state index in [9.17, 15) is 9.90 Å². The van der Waals surface area contributed by atoms with Crippen LogP contribution in [0.1, 0.15) is 79.6 Å². The van der Waals surface area contributed by atoms with Gasteiger partial charge in [0, 0.05) is 12.3 Å². The minimum absolute atomic E-state index is 0.0124. The van der Waals surface area contributed by atoms with Crippen LogP contribution in [0.2, 0.25) is 0 Å². The third-order valence-electron chi connectivity index (χ3n) is 8.40. The van der Waals surface area contributed by atoms with Crippen LogP contribution >= 0.6 is 0 Å². The third kappa shape index (κ3) is 2.72. The molecule has 2 bridgehead atoms. The largest absolute Gasteiger partial charge is 0.392 e. The molecule has 5 fully saturated rings. The van der Waals surface area contributed by atoms with Gasteiger partial charge in [-0.2, -0.15) is 0 Å². The van der Waals surface area contributed by atoms with Gasteiger partial charge in [-0.05, 0) is 87.9 Å². The fourth-order valence-electron chi connectivity index (χ4n) is 7.35. The van der Waals surface area contributed by atoms with Gasteiger partial charge in [0.2, 0.25) is 0 Å². The van der Waals surface area contributed by atoms with Gasteiger partial charge in [-0.15, -0.1) is 0 Å². The lowest BCUT2D eigenvalue weighted by atomic mass is 9.53. The van der Waals surface area contributed by atoms with Crippen molar-refractivity contribution >= 4 is 5.78 Å². The molecule has 0 radical (unpaired) electrons. The Labute approximate surface area is 152 Å². The Morgan fingerprint density at radius 1 is 1.12 bits per heavy atom. The SMILES string of the molecule is CC(C)(C)O[C@H]1CC[C@H]2[C@@H]3C[C@H]4C(=O)C[C@](C)(CC4O)[C@H]3CC[C@]12C. The summed E-state index contributed by atoms with van der Waals surface area (Å²) in [6, 6.07) is 0. The van der Waals surface area contributed by atoms with Crippen LogP contribution in [0.5, 0.6) is 0 Å². The lowest BCUT2D eigenvalue weighted by molar-refractivity contribution is -0.139. The van der Waals surface area contributed by atoms with E-state index in [1.807, 2.05) is 0 Å². The van der Waals surface area contributed by atoms with Crippen LogP contribution in [-0.4, -0.2) is 28.7 Å². The normalized spacial score (nSPS) is 52.6. The predicted octanol–water partition coefficient (Wildman–Crippen LogP) is 4.36. The van der Waals surface area contributed by atoms with Gasteiger partial charge in [0.15, 0.2) is 0 Å². The number of ether oxygens (including phenoxy) is 1. The summed E-state index contributed by atoms with van der Waals surface area (Å²) in [5, 5.41) is 10.6. The van der Waals surface area contributed by atoms with Crippen LogP contribution in [0.3, 0.4) is 0 Å². The van der Waals surface area contributed by atoms with Crippen LogP contribution in [0.4, 0.5) is 0 Å². The first-order valence-corrected chi connectivity index (χ1v) is 10.4. The Hall–Kier alpha value is -0.410. The zero-order chi connectivity index (χ0) is 18.2. The molecule has 0 heterocycles. The summed E-state index contributed by atoms with van der Waals surface area (Å²) in [4.78, 5) is 12.7. The molecule has 3 heteroatoms. The molecular weight excluding hydrogens is 312 g/mol. The molecule has 0 aromatic carbocycles. The summed E-state index contributed by atoms with van der Waals surface area (Å²) in [5.74, 6) is 2.07. The molecule has 0 aromatic rings. The Balaban J connectivity index is 1.65. The van der Waals surface area contributed by atoms with Gasteiger partial charge < -0.3 is 9.84 Å². The second kappa shape index (κ2) is 5.55. The maximum Gasteiger partial charge on any atom is 0.139 e. The second-order valence-corrected chi connectivity index (χ2v) is 11.1. The van der Waals surface area contributed by atoms with Crippen molar-refractivity contribution in [2.75, 3.05) is 0 Å². The first kappa shape index (κ1) is 18.0. The van der Waals surface area contributed by atoms with Gasteiger partial charge in [-0.3, -0.25) is 4.79 Å². The molecule has 0 aliphatic heterocycles. The monoisotopic (exact) mass is 348 g/mol. The fraction of sp³-hybridized carbons (Fsp3) is 0.955. The molecule has 5 saturated carbocycles. The van der Waals surface area contributed by atoms with E-state index >= 15 is 0 Å². The maximum absolute atomic E-state index is 12.7. The van der Waals surface area contributed by atoms with Gasteiger partial charge in [0.1, 0.15) is 5.78 Å². The number of rotatable bonds is 1. The lowest BCUT2D eigenvalue weighted by Gasteiger charge is -2.52. The van der Waals surface area contributed by atoms with E-state index in [4.69, 9.17) is 4.74 Å². The van der Waals surface area contributed by atoms with Gasteiger partial charge in [-0.25, -0.2) is 0 Å². The number of hydrogen-bond donors (Lipinski definition) is 1. The Morgan fingerprint density at radius 3 is 2.48 bits per heavy atom. The topological polar surface area (TPSA) is 46.5 Å². The van der Waals surface area contributed by atoms with Crippen molar-refractivity contribution in [2.45, 2.75) is 97.4 Å². The van der Waals surface area contributed by atoms with Crippen molar-refractivity contribution < 1.29 is 14.6 Å². The number of hydrogen-bond acceptors (Lipinski definition) is 3. The van der Waals surface area contributed by atoms with Gasteiger partial charge >= 0.3 is 0 Å². The number of aliphatic hydroxyl groups excluding tert-OH is 1. The first-order chi connectivity index (χ1) is 11.5. The van der Waals surface area contributed by atoms with E-state index in [0.29, 0.717) is 36.1 Å². The summed E-state index contributed by atoms with van der Waals surface area (Å²) >= 11 is 0. The average Bonchev–Trinajstić information content (AvgIpc) is 2.66. The Bertz CT molecular complexity index is 564. The minimum Gasteiger partial charge on any atom is -0.392 e. The lowest BCUT2D eigenvalue weighted by Crippen LogP contribution is -2.48. The number of carbonyl (C=O) groups is 1. The highest BCUT2D eigenvalue weighted by atomic mass is 16.5. The number of ketones is 1. The summed E-state index contributed by atoms with van der Waals surface area (Å²) in [6.45, 7) is 11.2. The van der Waals surface area contributed by atoms with Crippen molar-refractivity contribution in [2.24, 2.45) is 34.5 Å². The molecule has 1 N–H and O–H groups in total. The van der Waals surface area contributed by atoms with Crippen LogP contribution in [0, 0.1) is 34.5 Å². The summed E-state index contributed by atoms with van der Waals surface area (Å²) in [7, 11) is 0. The Kier molecular flexibility index (Phi) is 3.99. The first-order valence-electron chi connectivity index (χ1n) is 10.4. The second-order valence-electron chi connectivity index (χ2n) is 11.1. The zero-order valence-corrected chi connectivity index (χ0v) is 16.7. The molecule has 5 aliphatic carbocycles. The summed E-state index contributed by atoms with van der Waals surface area (Å²) in [5.41, 5.74) is 0.154. The standard InChI is InChI=1S/C22H36O3/c1-20(2,3)25-19-7-6-16-13-10-14-17(23)11-21(4,12-18(14)24)15(13)8-9-22(16,19)5/h13-17,19,23H,6-12H2,1-5H3/t13-,14-,15+,16+,17?,19+,21+,22+/m1/s1. The average molecular weight is 349 g/mol. The van der Waals surface area contributed by atoms with Crippen molar-refractivity contribution in [1.29, 1.82) is 0 Å². The number of carbonyl (C=O) groups excluding carboxylic acids is 1. The molecule has 3 nitrogen and oxygen atoms in total. The number of Topliss-reactive ketones (excluding diaryl/α,β-unsaturated/α-hetero) is 1. The third-order valence-corrected chi connectivity index (χ3v) is 8.40. The molecule has 142 valence electrons. The molecular formula is C22H36O3. The van der Waals surface area contributed by atoms with Crippen molar-refractivity contribution in [1.82, 2.24) is 0 Å². The molecule has 5 aliphatic rings. The van der Waals surface area contributed by atoms with E-state index in [1.165, 1.54) is 19.3 Å². The van der Waals surface area contributed by atoms with Gasteiger partial charge in [0.25, 0.3) is 0 Å². The van der Waals surface area contributed by atoms with E-state index in [0.717, 1.165) is 19.3 Å². The highest BCUT2D eigenvalue weighted by Gasteiger charge is 2.62. The molecule has 0 spiro atoms. The van der Waals surface area contributed by atoms with Crippen LogP contribution in [0.15, 0.2) is 0 Å². The van der Waals surface area contributed by atoms with E-state index in [1.54, 1.807) is 0 Å². The van der Waals surface area contributed by atoms with Gasteiger partial charge in [0.05, 0.1) is 17.8 Å². The summed E-state index contributed by atoms with van der Waals surface area (Å²) < 4.78 is 6.50. The molecule has 25 heavy (non-hydrogen) atoms. The highest BCUT2D eigenvalue weighted by molar-refractivity contribution is 5.83. The van der Waals surface area contributed by atoms with Crippen molar-refractivity contribution in [3.8, 4) is 0 Å². The minimum atomic E-state index is -0.411. The van der Waals surface area contributed by atoms with Crippen LogP contribution in [-0.2, 0) is 9.53 Å². The van der Waals surface area contributed by atoms with Gasteiger partial charge in [-0.1, -0.05) is 13.8 Å².